The second-order valence-electron chi connectivity index (χ2n) is 4.35. The summed E-state index contributed by atoms with van der Waals surface area (Å²) in [6.45, 7) is 0. The average molecular weight is 332 g/mol. The van der Waals surface area contributed by atoms with E-state index in [-0.39, 0.29) is 0 Å². The van der Waals surface area contributed by atoms with Crippen LogP contribution >= 0.6 is 22.7 Å². The van der Waals surface area contributed by atoms with Crippen LogP contribution in [-0.4, -0.2) is 31.6 Å². The Kier molecular flexibility index (Phi) is 2.91. The van der Waals surface area contributed by atoms with Crippen molar-refractivity contribution < 1.29 is 9.59 Å². The first kappa shape index (κ1) is 13.0. The van der Waals surface area contributed by atoms with Gasteiger partial charge in [0.1, 0.15) is 0 Å². The molecule has 0 radical (unpaired) electrons. The average Bonchev–Trinajstić information content (AvgIpc) is 3.16. The molecule has 0 unspecified atom stereocenters. The number of amides is 2. The SMILES string of the molecule is O=CNc1cn2cc(-c3cn4cc(NC=O)nc4s3)sc2n1. The van der Waals surface area contributed by atoms with Gasteiger partial charge in [-0.25, -0.2) is 9.97 Å². The lowest BCUT2D eigenvalue weighted by Crippen LogP contribution is -1.92. The molecule has 22 heavy (non-hydrogen) atoms. The van der Waals surface area contributed by atoms with Crippen molar-refractivity contribution in [2.75, 3.05) is 10.6 Å². The van der Waals surface area contributed by atoms with Crippen molar-refractivity contribution in [3.8, 4) is 9.75 Å². The molecular formula is C12H8N6O2S2. The van der Waals surface area contributed by atoms with Crippen molar-refractivity contribution in [1.82, 2.24) is 18.8 Å². The Morgan fingerprint density at radius 2 is 1.27 bits per heavy atom. The van der Waals surface area contributed by atoms with Gasteiger partial charge in [0, 0.05) is 12.4 Å². The van der Waals surface area contributed by atoms with E-state index in [2.05, 4.69) is 20.6 Å². The molecule has 0 bridgehead atoms. The standard InChI is InChI=1S/C12H8N6O2S2/c19-5-13-9-3-17-1-7(21-11(17)15-9)8-2-18-4-10(14-6-20)16-12(18)22-8/h1-6H,(H,13,19)(H,14,20). The maximum absolute atomic E-state index is 10.4. The molecule has 0 aromatic carbocycles. The number of aromatic nitrogens is 4. The minimum atomic E-state index is 0.526. The second-order valence-corrected chi connectivity index (χ2v) is 6.37. The number of imidazole rings is 2. The Labute approximate surface area is 131 Å². The molecule has 110 valence electrons. The molecule has 4 aromatic rings. The van der Waals surface area contributed by atoms with Crippen LogP contribution in [-0.2, 0) is 9.59 Å². The first-order valence-electron chi connectivity index (χ1n) is 6.14. The van der Waals surface area contributed by atoms with Crippen molar-refractivity contribution in [3.63, 3.8) is 0 Å². The molecular weight excluding hydrogens is 324 g/mol. The molecule has 2 amide bonds. The summed E-state index contributed by atoms with van der Waals surface area (Å²) in [5.74, 6) is 1.05. The largest absolute Gasteiger partial charge is 0.312 e. The maximum atomic E-state index is 10.4. The van der Waals surface area contributed by atoms with Crippen LogP contribution in [0, 0.1) is 0 Å². The number of thiazole rings is 2. The molecule has 0 aliphatic carbocycles. The van der Waals surface area contributed by atoms with Crippen molar-refractivity contribution in [1.29, 1.82) is 0 Å². The van der Waals surface area contributed by atoms with Gasteiger partial charge in [-0.2, -0.15) is 0 Å². The summed E-state index contributed by atoms with van der Waals surface area (Å²) < 4.78 is 3.74. The lowest BCUT2D eigenvalue weighted by Gasteiger charge is -1.89. The van der Waals surface area contributed by atoms with Crippen LogP contribution in [0.3, 0.4) is 0 Å². The highest BCUT2D eigenvalue weighted by Crippen LogP contribution is 2.34. The molecule has 2 N–H and O–H groups in total. The van der Waals surface area contributed by atoms with Crippen LogP contribution in [0.15, 0.2) is 24.8 Å². The van der Waals surface area contributed by atoms with Crippen molar-refractivity contribution in [2.24, 2.45) is 0 Å². The summed E-state index contributed by atoms with van der Waals surface area (Å²) in [7, 11) is 0. The van der Waals surface area contributed by atoms with E-state index < -0.39 is 0 Å². The van der Waals surface area contributed by atoms with E-state index in [9.17, 15) is 9.59 Å². The van der Waals surface area contributed by atoms with E-state index in [1.165, 1.54) is 22.7 Å². The summed E-state index contributed by atoms with van der Waals surface area (Å²) in [6, 6.07) is 0. The third-order valence-electron chi connectivity index (χ3n) is 2.97. The quantitative estimate of drug-likeness (QED) is 0.546. The first-order chi connectivity index (χ1) is 10.8. The fourth-order valence-electron chi connectivity index (χ4n) is 2.08. The van der Waals surface area contributed by atoms with E-state index >= 15 is 0 Å². The second kappa shape index (κ2) is 4.93. The maximum Gasteiger partial charge on any atom is 0.212 e. The molecule has 0 atom stereocenters. The Hall–Kier alpha value is -2.72. The van der Waals surface area contributed by atoms with Crippen molar-refractivity contribution in [2.45, 2.75) is 0 Å². The van der Waals surface area contributed by atoms with Gasteiger partial charge in [0.25, 0.3) is 0 Å². The topological polar surface area (TPSA) is 92.8 Å². The third kappa shape index (κ3) is 2.05. The summed E-state index contributed by atoms with van der Waals surface area (Å²) in [5, 5.41) is 5.05. The van der Waals surface area contributed by atoms with Crippen LogP contribution in [0.1, 0.15) is 0 Å². The third-order valence-corrected chi connectivity index (χ3v) is 5.16. The van der Waals surface area contributed by atoms with Gasteiger partial charge in [-0.15, -0.1) is 0 Å². The molecule has 8 nitrogen and oxygen atoms in total. The normalized spacial score (nSPS) is 11.1. The number of nitrogens with one attached hydrogen (secondary N) is 2. The van der Waals surface area contributed by atoms with Gasteiger partial charge < -0.3 is 10.6 Å². The van der Waals surface area contributed by atoms with Crippen LogP contribution in [0.4, 0.5) is 11.6 Å². The van der Waals surface area contributed by atoms with Gasteiger partial charge in [-0.05, 0) is 0 Å². The molecule has 0 saturated carbocycles. The van der Waals surface area contributed by atoms with Crippen molar-refractivity contribution in [3.05, 3.63) is 24.8 Å². The summed E-state index contributed by atoms with van der Waals surface area (Å²) in [4.78, 5) is 33.1. The van der Waals surface area contributed by atoms with Gasteiger partial charge in [0.2, 0.25) is 12.8 Å². The number of hydrogen-bond acceptors (Lipinski definition) is 6. The molecule has 0 spiro atoms. The summed E-state index contributed by atoms with van der Waals surface area (Å²) in [6.07, 6.45) is 8.64. The van der Waals surface area contributed by atoms with Gasteiger partial charge in [0.05, 0.1) is 22.1 Å². The fraction of sp³-hybridized carbons (Fsp3) is 0. The van der Waals surface area contributed by atoms with Crippen LogP contribution in [0.2, 0.25) is 0 Å². The van der Waals surface area contributed by atoms with Crippen LogP contribution in [0.25, 0.3) is 19.7 Å². The predicted octanol–water partition coefficient (Wildman–Crippen LogP) is 1.91. The number of fused-ring (bicyclic) bond motifs is 2. The van der Waals surface area contributed by atoms with Gasteiger partial charge in [-0.3, -0.25) is 18.4 Å². The first-order valence-corrected chi connectivity index (χ1v) is 7.78. The van der Waals surface area contributed by atoms with E-state index in [0.29, 0.717) is 24.5 Å². The number of carbonyl (C=O) groups excluding carboxylic acids is 2. The Bertz CT molecular complexity index is 850. The lowest BCUT2D eigenvalue weighted by atomic mass is 10.5. The number of nitrogens with zero attached hydrogens (tertiary/aromatic N) is 4. The zero-order valence-corrected chi connectivity index (χ0v) is 12.5. The highest BCUT2D eigenvalue weighted by Gasteiger charge is 2.12. The molecule has 4 heterocycles. The predicted molar refractivity (Wildman–Crippen MR) is 84.5 cm³/mol. The highest BCUT2D eigenvalue weighted by atomic mass is 32.1. The van der Waals surface area contributed by atoms with E-state index in [4.69, 9.17) is 0 Å². The van der Waals surface area contributed by atoms with Gasteiger partial charge in [0.15, 0.2) is 21.6 Å². The number of carbonyl (C=O) groups is 2. The van der Waals surface area contributed by atoms with Gasteiger partial charge >= 0.3 is 0 Å². The minimum absolute atomic E-state index is 0.526. The molecule has 0 aliphatic heterocycles. The highest BCUT2D eigenvalue weighted by molar-refractivity contribution is 7.26. The van der Waals surface area contributed by atoms with Crippen molar-refractivity contribution >= 4 is 57.1 Å². The fourth-order valence-corrected chi connectivity index (χ4v) is 4.07. The zero-order valence-electron chi connectivity index (χ0n) is 10.9. The molecule has 0 saturated heterocycles. The molecule has 4 aromatic heterocycles. The smallest absolute Gasteiger partial charge is 0.212 e. The minimum Gasteiger partial charge on any atom is -0.312 e. The summed E-state index contributed by atoms with van der Waals surface area (Å²) >= 11 is 3.05. The summed E-state index contributed by atoms with van der Waals surface area (Å²) in [5.41, 5.74) is 0. The molecule has 0 fully saturated rings. The van der Waals surface area contributed by atoms with E-state index in [1.807, 2.05) is 21.2 Å². The van der Waals surface area contributed by atoms with Crippen LogP contribution < -0.4 is 10.6 Å². The molecule has 0 aliphatic rings. The number of rotatable bonds is 5. The Morgan fingerprint density at radius 1 is 0.818 bits per heavy atom. The number of anilines is 2. The van der Waals surface area contributed by atoms with E-state index in [0.717, 1.165) is 19.7 Å². The Morgan fingerprint density at radius 3 is 1.64 bits per heavy atom. The zero-order chi connectivity index (χ0) is 15.1. The Balaban J connectivity index is 1.70. The molecule has 4 rings (SSSR count). The van der Waals surface area contributed by atoms with E-state index in [1.54, 1.807) is 12.4 Å². The lowest BCUT2D eigenvalue weighted by molar-refractivity contribution is -0.106. The van der Waals surface area contributed by atoms with Gasteiger partial charge in [-0.1, -0.05) is 22.7 Å². The number of hydrogen-bond donors (Lipinski definition) is 2. The molecule has 10 heteroatoms. The van der Waals surface area contributed by atoms with Crippen LogP contribution in [0.5, 0.6) is 0 Å². The monoisotopic (exact) mass is 332 g/mol.